The molecule has 3 aliphatic rings. The number of ether oxygens (including phenoxy) is 1. The van der Waals surface area contributed by atoms with Gasteiger partial charge in [-0.25, -0.2) is 4.79 Å². The summed E-state index contributed by atoms with van der Waals surface area (Å²) in [5, 5.41) is 3.67. The Morgan fingerprint density at radius 2 is 1.48 bits per heavy atom. The van der Waals surface area contributed by atoms with Gasteiger partial charge < -0.3 is 19.9 Å². The third-order valence-corrected chi connectivity index (χ3v) is 13.1. The molecule has 3 heterocycles. The van der Waals surface area contributed by atoms with Gasteiger partial charge in [0.1, 0.15) is 17.9 Å². The van der Waals surface area contributed by atoms with Crippen LogP contribution in [-0.4, -0.2) is 76.1 Å². The zero-order chi connectivity index (χ0) is 39.4. The van der Waals surface area contributed by atoms with Crippen molar-refractivity contribution in [1.82, 2.24) is 15.1 Å². The van der Waals surface area contributed by atoms with E-state index in [9.17, 15) is 24.0 Å². The number of thioether (sulfide) groups is 1. The molecule has 3 saturated heterocycles. The van der Waals surface area contributed by atoms with Crippen molar-refractivity contribution in [2.45, 2.75) is 101 Å². The highest BCUT2D eigenvalue weighted by Gasteiger charge is 2.44. The van der Waals surface area contributed by atoms with E-state index in [2.05, 4.69) is 5.32 Å². The van der Waals surface area contributed by atoms with Crippen LogP contribution in [-0.2, 0) is 48.1 Å². The Morgan fingerprint density at radius 3 is 2.18 bits per heavy atom. The summed E-state index contributed by atoms with van der Waals surface area (Å²) in [5.74, 6) is -1.52. The molecule has 0 unspecified atom stereocenters. The molecule has 3 aliphatic heterocycles. The number of Topliss-reactive ketones (excluding diaryl/α,β-unsaturated/α-hetero) is 1. The van der Waals surface area contributed by atoms with Crippen LogP contribution in [0.5, 0.6) is 0 Å². The molecule has 56 heavy (non-hydrogen) atoms. The Bertz CT molecular complexity index is 1810. The minimum Gasteiger partial charge on any atom is -0.467 e. The Balaban J connectivity index is 1.18. The number of piperidine rings is 1. The molecule has 0 aromatic heterocycles. The Kier molecular flexibility index (Phi) is 15.1. The molecule has 3 amide bonds. The van der Waals surface area contributed by atoms with Crippen molar-refractivity contribution in [2.75, 3.05) is 19.4 Å². The van der Waals surface area contributed by atoms with Crippen molar-refractivity contribution in [2.24, 2.45) is 17.8 Å². The second-order valence-electron chi connectivity index (χ2n) is 15.5. The van der Waals surface area contributed by atoms with E-state index < -0.39 is 35.8 Å². The summed E-state index contributed by atoms with van der Waals surface area (Å²) in [7, 11) is 1.35. The van der Waals surface area contributed by atoms with Crippen molar-refractivity contribution in [3.05, 3.63) is 107 Å². The summed E-state index contributed by atoms with van der Waals surface area (Å²) in [5.41, 5.74) is 2.96. The van der Waals surface area contributed by atoms with Crippen LogP contribution >= 0.6 is 23.4 Å². The number of methoxy groups -OCH3 is 1. The highest BCUT2D eigenvalue weighted by molar-refractivity contribution is 7.99. The standard InChI is InChI=1S/C45H54ClN3O6S/c1-55-45(54)39-19-11-20-41-49(39)43(52)36(23-25-56-41)29-40(50)34(26-31-12-4-2-5-13-31)21-22-35(27-32-14-6-3-7-15-32)42(51)47-38-18-8-9-24-48(44(38)53)30-33-16-10-17-37(46)28-33/h2-7,10,12-17,28,34-36,38-39,41H,8-9,11,18-27,29-30H2,1H3,(H,47,51)/t34-,35-,36-,38+,39+,41+/m1/s1. The Labute approximate surface area is 340 Å². The Hall–Kier alpha value is -4.15. The highest BCUT2D eigenvalue weighted by Crippen LogP contribution is 2.38. The number of likely N-dealkylation sites (tertiary alicyclic amines) is 1. The number of carbonyl (C=O) groups excluding carboxylic acids is 5. The van der Waals surface area contributed by atoms with Crippen LogP contribution in [0.15, 0.2) is 84.9 Å². The molecular formula is C45H54ClN3O6S. The van der Waals surface area contributed by atoms with Crippen LogP contribution in [0.3, 0.4) is 0 Å². The predicted octanol–water partition coefficient (Wildman–Crippen LogP) is 7.43. The van der Waals surface area contributed by atoms with E-state index in [1.54, 1.807) is 16.7 Å². The zero-order valence-corrected chi connectivity index (χ0v) is 33.9. The van der Waals surface area contributed by atoms with Crippen molar-refractivity contribution in [3.8, 4) is 0 Å². The number of halogens is 1. The third-order valence-electron chi connectivity index (χ3n) is 11.6. The zero-order valence-electron chi connectivity index (χ0n) is 32.3. The van der Waals surface area contributed by atoms with Gasteiger partial charge in [0.25, 0.3) is 0 Å². The first-order valence-corrected chi connectivity index (χ1v) is 21.6. The lowest BCUT2D eigenvalue weighted by Gasteiger charge is -2.40. The molecule has 0 bridgehead atoms. The van der Waals surface area contributed by atoms with Gasteiger partial charge in [-0.3, -0.25) is 19.2 Å². The van der Waals surface area contributed by atoms with Crippen molar-refractivity contribution in [3.63, 3.8) is 0 Å². The molecule has 3 aromatic rings. The SMILES string of the molecule is COC(=O)[C@@H]1CCC[C@@H]2SCC[C@H](CC(=O)[C@H](CC[C@H](Cc3ccccc3)C(=O)N[C@H]3CCCCN(Cc4cccc(Cl)c4)C3=O)Cc3ccccc3)C(=O)N21. The van der Waals surface area contributed by atoms with Gasteiger partial charge in [-0.05, 0) is 105 Å². The number of benzene rings is 3. The summed E-state index contributed by atoms with van der Waals surface area (Å²) < 4.78 is 5.09. The van der Waals surface area contributed by atoms with Gasteiger partial charge in [0.15, 0.2) is 0 Å². The topological polar surface area (TPSA) is 113 Å². The lowest BCUT2D eigenvalue weighted by atomic mass is 9.82. The van der Waals surface area contributed by atoms with Crippen LogP contribution < -0.4 is 5.32 Å². The smallest absolute Gasteiger partial charge is 0.328 e. The summed E-state index contributed by atoms with van der Waals surface area (Å²) in [6.45, 7) is 1.03. The van der Waals surface area contributed by atoms with Crippen LogP contribution in [0.4, 0.5) is 0 Å². The second kappa shape index (κ2) is 20.3. The molecule has 0 spiro atoms. The third kappa shape index (κ3) is 11.0. The van der Waals surface area contributed by atoms with Crippen LogP contribution in [0.25, 0.3) is 0 Å². The van der Waals surface area contributed by atoms with E-state index in [4.69, 9.17) is 16.3 Å². The van der Waals surface area contributed by atoms with E-state index in [1.165, 1.54) is 7.11 Å². The summed E-state index contributed by atoms with van der Waals surface area (Å²) in [6, 6.07) is 26.0. The van der Waals surface area contributed by atoms with Gasteiger partial charge in [-0.2, -0.15) is 0 Å². The minimum atomic E-state index is -0.643. The average Bonchev–Trinajstić information content (AvgIpc) is 3.48. The molecule has 0 radical (unpaired) electrons. The fraction of sp³-hybridized carbons (Fsp3) is 0.489. The number of fused-ring (bicyclic) bond motifs is 1. The average molecular weight is 800 g/mol. The number of nitrogens with zero attached hydrogens (tertiary/aromatic N) is 2. The number of esters is 1. The van der Waals surface area contributed by atoms with Crippen LogP contribution in [0.2, 0.25) is 5.02 Å². The molecule has 9 nitrogen and oxygen atoms in total. The highest BCUT2D eigenvalue weighted by atomic mass is 35.5. The Morgan fingerprint density at radius 1 is 0.804 bits per heavy atom. The van der Waals surface area contributed by atoms with Gasteiger partial charge in [0.05, 0.1) is 12.5 Å². The molecule has 3 fully saturated rings. The maximum absolute atomic E-state index is 14.4. The quantitative estimate of drug-likeness (QED) is 0.159. The van der Waals surface area contributed by atoms with Gasteiger partial charge in [0.2, 0.25) is 17.7 Å². The first kappa shape index (κ1) is 41.5. The van der Waals surface area contributed by atoms with Crippen molar-refractivity contribution >= 4 is 52.8 Å². The first-order chi connectivity index (χ1) is 27.2. The molecule has 6 rings (SSSR count). The van der Waals surface area contributed by atoms with Gasteiger partial charge in [0, 0.05) is 42.3 Å². The number of hydrogen-bond donors (Lipinski definition) is 1. The molecule has 0 aliphatic carbocycles. The summed E-state index contributed by atoms with van der Waals surface area (Å²) >= 11 is 7.93. The van der Waals surface area contributed by atoms with Gasteiger partial charge in [-0.1, -0.05) is 84.4 Å². The number of rotatable bonds is 15. The number of ketones is 1. The normalized spacial score (nSPS) is 22.6. The van der Waals surface area contributed by atoms with Crippen LogP contribution in [0, 0.1) is 17.8 Å². The minimum absolute atomic E-state index is 0.00301. The van der Waals surface area contributed by atoms with Gasteiger partial charge >= 0.3 is 5.97 Å². The maximum atomic E-state index is 14.4. The van der Waals surface area contributed by atoms with Crippen molar-refractivity contribution < 1.29 is 28.7 Å². The fourth-order valence-electron chi connectivity index (χ4n) is 8.51. The first-order valence-electron chi connectivity index (χ1n) is 20.2. The molecular weight excluding hydrogens is 746 g/mol. The molecule has 3 aromatic carbocycles. The van der Waals surface area contributed by atoms with Gasteiger partial charge in [-0.15, -0.1) is 11.8 Å². The fourth-order valence-corrected chi connectivity index (χ4v) is 10.2. The largest absolute Gasteiger partial charge is 0.467 e. The van der Waals surface area contributed by atoms with E-state index in [-0.39, 0.29) is 35.3 Å². The van der Waals surface area contributed by atoms with E-state index in [0.29, 0.717) is 63.1 Å². The van der Waals surface area contributed by atoms with Crippen LogP contribution in [0.1, 0.15) is 80.9 Å². The van der Waals surface area contributed by atoms with E-state index >= 15 is 0 Å². The molecule has 6 atom stereocenters. The molecule has 0 saturated carbocycles. The molecule has 11 heteroatoms. The lowest BCUT2D eigenvalue weighted by molar-refractivity contribution is -0.157. The number of carbonyl (C=O) groups is 5. The number of hydrogen-bond acceptors (Lipinski definition) is 7. The lowest BCUT2D eigenvalue weighted by Crippen LogP contribution is -2.53. The van der Waals surface area contributed by atoms with Crippen molar-refractivity contribution in [1.29, 1.82) is 0 Å². The van der Waals surface area contributed by atoms with E-state index in [0.717, 1.165) is 48.1 Å². The molecule has 1 N–H and O–H groups in total. The number of amides is 3. The second-order valence-corrected chi connectivity index (χ2v) is 17.2. The van der Waals surface area contributed by atoms with E-state index in [1.807, 2.05) is 89.8 Å². The monoisotopic (exact) mass is 799 g/mol. The number of nitrogens with one attached hydrogen (secondary N) is 1. The maximum Gasteiger partial charge on any atom is 0.328 e. The predicted molar refractivity (Wildman–Crippen MR) is 220 cm³/mol. The summed E-state index contributed by atoms with van der Waals surface area (Å²) in [4.78, 5) is 73.0. The molecule has 298 valence electrons. The summed E-state index contributed by atoms with van der Waals surface area (Å²) in [6.07, 6.45) is 6.94.